The second kappa shape index (κ2) is 8.97. The highest BCUT2D eigenvalue weighted by Crippen LogP contribution is 2.50. The average Bonchev–Trinajstić information content (AvgIpc) is 3.49. The number of para-hydroxylation sites is 1. The molecule has 0 radical (unpaired) electrons. The van der Waals surface area contributed by atoms with E-state index >= 15 is 0 Å². The first-order valence-electron chi connectivity index (χ1n) is 14.2. The Kier molecular flexibility index (Phi) is 5.20. The Hall–Kier alpha value is -5.08. The number of benzene rings is 6. The van der Waals surface area contributed by atoms with E-state index in [2.05, 4.69) is 140 Å². The number of hydrogen-bond acceptors (Lipinski definition) is 2. The van der Waals surface area contributed by atoms with E-state index in [1.54, 1.807) is 0 Å². The minimum Gasteiger partial charge on any atom is -0.456 e. The smallest absolute Gasteiger partial charge is 0.136 e. The van der Waals surface area contributed by atoms with Crippen molar-refractivity contribution in [2.75, 3.05) is 5.32 Å². The molecule has 0 aliphatic heterocycles. The molecule has 0 saturated heterocycles. The van der Waals surface area contributed by atoms with Crippen molar-refractivity contribution < 1.29 is 4.42 Å². The van der Waals surface area contributed by atoms with Crippen LogP contribution in [0.15, 0.2) is 138 Å². The molecule has 0 unspecified atom stereocenters. The molecule has 8 rings (SSSR count). The van der Waals surface area contributed by atoms with Crippen molar-refractivity contribution >= 4 is 33.3 Å². The van der Waals surface area contributed by atoms with Crippen molar-refractivity contribution in [3.63, 3.8) is 0 Å². The van der Waals surface area contributed by atoms with E-state index in [4.69, 9.17) is 4.42 Å². The van der Waals surface area contributed by atoms with E-state index in [0.29, 0.717) is 0 Å². The Labute approximate surface area is 239 Å². The maximum atomic E-state index is 6.18. The Morgan fingerprint density at radius 1 is 0.463 bits per heavy atom. The summed E-state index contributed by atoms with van der Waals surface area (Å²) >= 11 is 0. The van der Waals surface area contributed by atoms with Crippen molar-refractivity contribution in [1.29, 1.82) is 0 Å². The van der Waals surface area contributed by atoms with Crippen LogP contribution in [-0.4, -0.2) is 0 Å². The molecule has 6 aromatic carbocycles. The van der Waals surface area contributed by atoms with Crippen molar-refractivity contribution in [2.45, 2.75) is 19.3 Å². The van der Waals surface area contributed by atoms with Gasteiger partial charge in [0.2, 0.25) is 0 Å². The summed E-state index contributed by atoms with van der Waals surface area (Å²) in [6, 6.07) is 47.7. The largest absolute Gasteiger partial charge is 0.456 e. The van der Waals surface area contributed by atoms with Gasteiger partial charge in [-0.05, 0) is 93.0 Å². The summed E-state index contributed by atoms with van der Waals surface area (Å²) in [7, 11) is 0. The number of fused-ring (bicyclic) bond motifs is 6. The van der Waals surface area contributed by atoms with Crippen LogP contribution in [-0.2, 0) is 5.41 Å². The minimum absolute atomic E-state index is 0.112. The zero-order valence-corrected chi connectivity index (χ0v) is 23.1. The van der Waals surface area contributed by atoms with Crippen molar-refractivity contribution in [3.05, 3.63) is 145 Å². The van der Waals surface area contributed by atoms with Crippen molar-refractivity contribution in [1.82, 2.24) is 0 Å². The molecule has 0 atom stereocenters. The highest BCUT2D eigenvalue weighted by atomic mass is 16.3. The molecule has 0 bridgehead atoms. The third kappa shape index (κ3) is 3.87. The molecule has 0 amide bonds. The number of nitrogens with one attached hydrogen (secondary N) is 1. The Bertz CT molecular complexity index is 2080. The molecule has 1 aliphatic carbocycles. The normalized spacial score (nSPS) is 13.3. The lowest BCUT2D eigenvalue weighted by Crippen LogP contribution is -2.15. The topological polar surface area (TPSA) is 25.2 Å². The highest BCUT2D eigenvalue weighted by molar-refractivity contribution is 6.06. The second-order valence-electron chi connectivity index (χ2n) is 11.5. The van der Waals surface area contributed by atoms with Gasteiger partial charge < -0.3 is 9.73 Å². The maximum absolute atomic E-state index is 6.18. The summed E-state index contributed by atoms with van der Waals surface area (Å²) in [6.45, 7) is 4.67. The van der Waals surface area contributed by atoms with Gasteiger partial charge in [0, 0.05) is 27.6 Å². The highest BCUT2D eigenvalue weighted by Gasteiger charge is 2.35. The van der Waals surface area contributed by atoms with Gasteiger partial charge in [0.25, 0.3) is 0 Å². The van der Waals surface area contributed by atoms with Crippen LogP contribution in [0.5, 0.6) is 0 Å². The van der Waals surface area contributed by atoms with Crippen LogP contribution in [0, 0.1) is 0 Å². The van der Waals surface area contributed by atoms with Crippen molar-refractivity contribution in [3.8, 4) is 33.4 Å². The van der Waals surface area contributed by atoms with Crippen LogP contribution in [0.1, 0.15) is 25.0 Å². The molecular formula is C39H29NO. The van der Waals surface area contributed by atoms with Crippen LogP contribution in [0.4, 0.5) is 11.4 Å². The fourth-order valence-electron chi connectivity index (χ4n) is 6.44. The summed E-state index contributed by atoms with van der Waals surface area (Å²) in [5.41, 5.74) is 14.1. The predicted molar refractivity (Wildman–Crippen MR) is 172 cm³/mol. The van der Waals surface area contributed by atoms with E-state index < -0.39 is 0 Å². The lowest BCUT2D eigenvalue weighted by atomic mass is 9.81. The van der Waals surface area contributed by atoms with Gasteiger partial charge in [0.15, 0.2) is 0 Å². The lowest BCUT2D eigenvalue weighted by molar-refractivity contribution is 0.661. The van der Waals surface area contributed by atoms with Crippen LogP contribution in [0.25, 0.3) is 55.3 Å². The van der Waals surface area contributed by atoms with Gasteiger partial charge in [-0.1, -0.05) is 98.8 Å². The fraction of sp³-hybridized carbons (Fsp3) is 0.0769. The summed E-state index contributed by atoms with van der Waals surface area (Å²) < 4.78 is 6.18. The first-order chi connectivity index (χ1) is 20.0. The number of hydrogen-bond donors (Lipinski definition) is 1. The third-order valence-electron chi connectivity index (χ3n) is 8.67. The first kappa shape index (κ1) is 23.8. The van der Waals surface area contributed by atoms with Gasteiger partial charge in [-0.25, -0.2) is 0 Å². The molecule has 7 aromatic rings. The molecule has 1 aromatic heterocycles. The molecular weight excluding hydrogens is 498 g/mol. The zero-order valence-electron chi connectivity index (χ0n) is 23.1. The van der Waals surface area contributed by atoms with Gasteiger partial charge in [0.1, 0.15) is 11.2 Å². The molecule has 0 saturated carbocycles. The van der Waals surface area contributed by atoms with Crippen molar-refractivity contribution in [2.24, 2.45) is 0 Å². The summed E-state index contributed by atoms with van der Waals surface area (Å²) in [5, 5.41) is 5.95. The molecule has 0 fully saturated rings. The molecule has 41 heavy (non-hydrogen) atoms. The SMILES string of the molecule is CC1(C)c2cc(Nc3ccc(-c4ccccc4)cc3)ccc2-c2ccc(-c3ccc4c(c3)oc3ccccc34)cc21. The average molecular weight is 528 g/mol. The summed E-state index contributed by atoms with van der Waals surface area (Å²) in [4.78, 5) is 0. The van der Waals surface area contributed by atoms with E-state index in [-0.39, 0.29) is 5.41 Å². The lowest BCUT2D eigenvalue weighted by Gasteiger charge is -2.23. The number of anilines is 2. The van der Waals surface area contributed by atoms with E-state index in [0.717, 1.165) is 33.3 Å². The Balaban J connectivity index is 1.10. The van der Waals surface area contributed by atoms with E-state index in [9.17, 15) is 0 Å². The quantitative estimate of drug-likeness (QED) is 0.246. The van der Waals surface area contributed by atoms with Gasteiger partial charge >= 0.3 is 0 Å². The van der Waals surface area contributed by atoms with Crippen LogP contribution < -0.4 is 5.32 Å². The zero-order chi connectivity index (χ0) is 27.6. The van der Waals surface area contributed by atoms with Crippen LogP contribution >= 0.6 is 0 Å². The van der Waals surface area contributed by atoms with Gasteiger partial charge in [0.05, 0.1) is 0 Å². The fourth-order valence-corrected chi connectivity index (χ4v) is 6.44. The molecule has 1 aliphatic rings. The second-order valence-corrected chi connectivity index (χ2v) is 11.5. The Morgan fingerprint density at radius 3 is 1.88 bits per heavy atom. The minimum atomic E-state index is -0.112. The summed E-state index contributed by atoms with van der Waals surface area (Å²) in [6.07, 6.45) is 0. The monoisotopic (exact) mass is 527 g/mol. The Morgan fingerprint density at radius 2 is 1.05 bits per heavy atom. The van der Waals surface area contributed by atoms with Crippen LogP contribution in [0.2, 0.25) is 0 Å². The molecule has 2 heteroatoms. The van der Waals surface area contributed by atoms with E-state index in [1.807, 2.05) is 12.1 Å². The van der Waals surface area contributed by atoms with Gasteiger partial charge in [-0.2, -0.15) is 0 Å². The standard InChI is InChI=1S/C39H29NO/c1-39(2)35-22-27(28-15-20-34-33-10-6-7-11-37(33)41-38(34)23-28)14-19-31(35)32-21-18-30(24-36(32)39)40-29-16-12-26(13-17-29)25-8-4-3-5-9-25/h3-24,40H,1-2H3. The maximum Gasteiger partial charge on any atom is 0.136 e. The van der Waals surface area contributed by atoms with Crippen LogP contribution in [0.3, 0.4) is 0 Å². The molecule has 196 valence electrons. The molecule has 2 nitrogen and oxygen atoms in total. The number of furan rings is 1. The van der Waals surface area contributed by atoms with E-state index in [1.165, 1.54) is 44.5 Å². The third-order valence-corrected chi connectivity index (χ3v) is 8.67. The molecule has 1 heterocycles. The first-order valence-corrected chi connectivity index (χ1v) is 14.2. The van der Waals surface area contributed by atoms with Gasteiger partial charge in [-0.15, -0.1) is 0 Å². The predicted octanol–water partition coefficient (Wildman–Crippen LogP) is 11.0. The molecule has 0 spiro atoms. The van der Waals surface area contributed by atoms with Gasteiger partial charge in [-0.3, -0.25) is 0 Å². The number of rotatable bonds is 4. The molecule has 1 N–H and O–H groups in total. The summed E-state index contributed by atoms with van der Waals surface area (Å²) in [5.74, 6) is 0.